The summed E-state index contributed by atoms with van der Waals surface area (Å²) in [4.78, 5) is 27.0. The van der Waals surface area contributed by atoms with Crippen LogP contribution in [0.4, 0.5) is 0 Å². The second-order valence-electron chi connectivity index (χ2n) is 8.86. The first kappa shape index (κ1) is 19.3. The van der Waals surface area contributed by atoms with Crippen LogP contribution >= 0.6 is 0 Å². The molecule has 1 aromatic heterocycles. The number of hydrogen-bond acceptors (Lipinski definition) is 3. The monoisotopic (exact) mass is 384 g/mol. The second-order valence-corrected chi connectivity index (χ2v) is 8.86. The number of amides is 2. The average Bonchev–Trinajstić information content (AvgIpc) is 3.26. The van der Waals surface area contributed by atoms with E-state index < -0.39 is 0 Å². The Bertz CT molecular complexity index is 732. The van der Waals surface area contributed by atoms with Crippen LogP contribution in [-0.4, -0.2) is 35.8 Å². The molecule has 2 amide bonds. The molecule has 0 spiro atoms. The Morgan fingerprint density at radius 3 is 2.68 bits per heavy atom. The molecule has 152 valence electrons. The summed E-state index contributed by atoms with van der Waals surface area (Å²) >= 11 is 0. The summed E-state index contributed by atoms with van der Waals surface area (Å²) in [5, 5.41) is 3.22. The average molecular weight is 385 g/mol. The number of likely N-dealkylation sites (tertiary alicyclic amines) is 1. The van der Waals surface area contributed by atoms with E-state index in [0.29, 0.717) is 24.4 Å². The Labute approximate surface area is 167 Å². The largest absolute Gasteiger partial charge is 0.461 e. The molecular weight excluding hydrogens is 352 g/mol. The van der Waals surface area contributed by atoms with Crippen molar-refractivity contribution in [3.63, 3.8) is 0 Å². The Morgan fingerprint density at radius 2 is 1.93 bits per heavy atom. The summed E-state index contributed by atoms with van der Waals surface area (Å²) in [6.07, 6.45) is 12.2. The first-order chi connectivity index (χ1) is 13.6. The lowest BCUT2D eigenvalue weighted by molar-refractivity contribution is -0.132. The van der Waals surface area contributed by atoms with Gasteiger partial charge in [-0.25, -0.2) is 0 Å². The minimum absolute atomic E-state index is 0.0343. The van der Waals surface area contributed by atoms with Crippen LogP contribution in [0, 0.1) is 11.8 Å². The van der Waals surface area contributed by atoms with Crippen molar-refractivity contribution >= 4 is 17.9 Å². The van der Waals surface area contributed by atoms with E-state index in [9.17, 15) is 9.59 Å². The van der Waals surface area contributed by atoms with Gasteiger partial charge >= 0.3 is 0 Å². The summed E-state index contributed by atoms with van der Waals surface area (Å²) in [7, 11) is 0. The predicted octanol–water partition coefficient (Wildman–Crippen LogP) is 4.10. The van der Waals surface area contributed by atoms with Gasteiger partial charge in [0.2, 0.25) is 11.8 Å². The van der Waals surface area contributed by atoms with Crippen molar-refractivity contribution in [1.82, 2.24) is 10.2 Å². The van der Waals surface area contributed by atoms with E-state index in [-0.39, 0.29) is 17.7 Å². The van der Waals surface area contributed by atoms with Crippen LogP contribution in [-0.2, 0) is 9.59 Å². The summed E-state index contributed by atoms with van der Waals surface area (Å²) in [5.41, 5.74) is 0. The Balaban J connectivity index is 1.29. The molecule has 4 rings (SSSR count). The van der Waals surface area contributed by atoms with Gasteiger partial charge in [0.05, 0.1) is 5.92 Å². The molecule has 1 aliphatic heterocycles. The molecule has 5 heteroatoms. The molecule has 0 bridgehead atoms. The topological polar surface area (TPSA) is 62.6 Å². The van der Waals surface area contributed by atoms with Gasteiger partial charge in [0.15, 0.2) is 0 Å². The predicted molar refractivity (Wildman–Crippen MR) is 109 cm³/mol. The number of nitrogens with one attached hydrogen (secondary N) is 1. The molecule has 2 aliphatic carbocycles. The quantitative estimate of drug-likeness (QED) is 0.777. The Morgan fingerprint density at radius 1 is 1.14 bits per heavy atom. The highest BCUT2D eigenvalue weighted by atomic mass is 16.3. The lowest BCUT2D eigenvalue weighted by Gasteiger charge is -2.33. The van der Waals surface area contributed by atoms with Gasteiger partial charge in [-0.15, -0.1) is 0 Å². The summed E-state index contributed by atoms with van der Waals surface area (Å²) in [5.74, 6) is 3.01. The fourth-order valence-electron chi connectivity index (χ4n) is 4.59. The molecule has 3 atom stereocenters. The third-order valence-corrected chi connectivity index (χ3v) is 6.57. The first-order valence-corrected chi connectivity index (χ1v) is 11.0. The zero-order chi connectivity index (χ0) is 19.5. The van der Waals surface area contributed by atoms with Gasteiger partial charge < -0.3 is 14.6 Å². The van der Waals surface area contributed by atoms with Gasteiger partial charge in [-0.1, -0.05) is 26.2 Å². The zero-order valence-electron chi connectivity index (χ0n) is 16.9. The number of rotatable bonds is 5. The van der Waals surface area contributed by atoms with Crippen molar-refractivity contribution in [2.45, 2.75) is 70.3 Å². The molecule has 3 fully saturated rings. The highest BCUT2D eigenvalue weighted by Gasteiger charge is 2.36. The maximum atomic E-state index is 12.6. The van der Waals surface area contributed by atoms with Crippen molar-refractivity contribution < 1.29 is 14.0 Å². The Kier molecular flexibility index (Phi) is 5.88. The fraction of sp³-hybridized carbons (Fsp3) is 0.652. The molecule has 3 aliphatic rings. The lowest BCUT2D eigenvalue weighted by atomic mass is 9.93. The molecule has 2 saturated carbocycles. The normalized spacial score (nSPS) is 28.5. The minimum Gasteiger partial charge on any atom is -0.461 e. The van der Waals surface area contributed by atoms with E-state index in [2.05, 4.69) is 12.2 Å². The van der Waals surface area contributed by atoms with Crippen molar-refractivity contribution in [3.05, 3.63) is 29.7 Å². The van der Waals surface area contributed by atoms with Crippen LogP contribution in [0.1, 0.15) is 75.7 Å². The molecule has 0 radical (unpaired) electrons. The van der Waals surface area contributed by atoms with Gasteiger partial charge in [-0.3, -0.25) is 9.59 Å². The molecule has 3 unspecified atom stereocenters. The molecule has 28 heavy (non-hydrogen) atoms. The van der Waals surface area contributed by atoms with Gasteiger partial charge in [-0.2, -0.15) is 0 Å². The van der Waals surface area contributed by atoms with Gasteiger partial charge in [-0.05, 0) is 56.2 Å². The van der Waals surface area contributed by atoms with E-state index in [1.807, 2.05) is 12.1 Å². The van der Waals surface area contributed by atoms with E-state index >= 15 is 0 Å². The maximum absolute atomic E-state index is 12.6. The van der Waals surface area contributed by atoms with Gasteiger partial charge in [0.1, 0.15) is 11.5 Å². The number of nitrogens with zero attached hydrogens (tertiary/aromatic N) is 1. The molecule has 5 nitrogen and oxygen atoms in total. The number of carbonyl (C=O) groups excluding carboxylic acids is 2. The van der Waals surface area contributed by atoms with E-state index in [1.54, 1.807) is 17.1 Å². The molecule has 2 heterocycles. The highest BCUT2D eigenvalue weighted by molar-refractivity contribution is 5.92. The lowest BCUT2D eigenvalue weighted by Crippen LogP contribution is -2.47. The van der Waals surface area contributed by atoms with Crippen molar-refractivity contribution in [1.29, 1.82) is 0 Å². The van der Waals surface area contributed by atoms with Crippen LogP contribution in [0.2, 0.25) is 0 Å². The van der Waals surface area contributed by atoms with Crippen LogP contribution < -0.4 is 5.32 Å². The van der Waals surface area contributed by atoms with Crippen LogP contribution in [0.5, 0.6) is 0 Å². The van der Waals surface area contributed by atoms with Crippen molar-refractivity contribution in [2.75, 3.05) is 13.1 Å². The Hall–Kier alpha value is -2.04. The molecule has 1 N–H and O–H groups in total. The summed E-state index contributed by atoms with van der Waals surface area (Å²) in [6.45, 7) is 3.47. The second kappa shape index (κ2) is 8.54. The van der Waals surface area contributed by atoms with E-state index in [1.165, 1.54) is 25.7 Å². The zero-order valence-corrected chi connectivity index (χ0v) is 16.9. The summed E-state index contributed by atoms with van der Waals surface area (Å²) < 4.78 is 5.84. The fourth-order valence-corrected chi connectivity index (χ4v) is 4.59. The van der Waals surface area contributed by atoms with Crippen LogP contribution in [0.15, 0.2) is 22.6 Å². The van der Waals surface area contributed by atoms with Crippen molar-refractivity contribution in [3.8, 4) is 0 Å². The number of furan rings is 1. The molecular formula is C23H32N2O3. The van der Waals surface area contributed by atoms with Crippen LogP contribution in [0.3, 0.4) is 0 Å². The maximum Gasteiger partial charge on any atom is 0.246 e. The highest BCUT2D eigenvalue weighted by Crippen LogP contribution is 2.47. The minimum atomic E-state index is -0.0837. The standard InChI is InChI=1S/C23H32N2O3/c1-16-14-20(16)21-11-9-19(28-21)10-12-22(26)25-13-5-6-17(15-25)23(27)24-18-7-3-2-4-8-18/h9-12,16-18,20H,2-8,13-15H2,1H3,(H,24,27)/b12-10+. The van der Waals surface area contributed by atoms with Crippen LogP contribution in [0.25, 0.3) is 6.08 Å². The third kappa shape index (κ3) is 4.68. The molecule has 1 aromatic rings. The van der Waals surface area contributed by atoms with Gasteiger partial charge in [0.25, 0.3) is 0 Å². The van der Waals surface area contributed by atoms with E-state index in [4.69, 9.17) is 4.42 Å². The SMILES string of the molecule is CC1CC1c1ccc(/C=C/C(=O)N2CCCC(C(=O)NC3CCCCC3)C2)o1. The van der Waals surface area contributed by atoms with Crippen molar-refractivity contribution in [2.24, 2.45) is 11.8 Å². The van der Waals surface area contributed by atoms with E-state index in [0.717, 1.165) is 43.7 Å². The third-order valence-electron chi connectivity index (χ3n) is 6.57. The van der Waals surface area contributed by atoms with Gasteiger partial charge in [0, 0.05) is 31.1 Å². The smallest absolute Gasteiger partial charge is 0.246 e. The molecule has 1 saturated heterocycles. The first-order valence-electron chi connectivity index (χ1n) is 11.0. The molecule has 0 aromatic carbocycles. The number of piperidine rings is 1. The number of carbonyl (C=O) groups is 2. The number of hydrogen-bond donors (Lipinski definition) is 1. The summed E-state index contributed by atoms with van der Waals surface area (Å²) in [6, 6.07) is 4.28.